The van der Waals surface area contributed by atoms with Gasteiger partial charge in [-0.15, -0.1) is 0 Å². The number of anilines is 1. The Morgan fingerprint density at radius 3 is 3.00 bits per heavy atom. The van der Waals surface area contributed by atoms with E-state index in [1.54, 1.807) is 6.07 Å². The lowest BCUT2D eigenvalue weighted by atomic mass is 9.99. The molecule has 0 spiro atoms. The van der Waals surface area contributed by atoms with E-state index in [2.05, 4.69) is 20.7 Å². The molecule has 7 heteroatoms. The molecule has 0 aliphatic carbocycles. The number of nitrogens with one attached hydrogen (secondary N) is 1. The van der Waals surface area contributed by atoms with E-state index >= 15 is 0 Å². The predicted molar refractivity (Wildman–Crippen MR) is 81.4 cm³/mol. The third-order valence-electron chi connectivity index (χ3n) is 3.61. The van der Waals surface area contributed by atoms with Gasteiger partial charge in [-0.25, -0.2) is 18.1 Å². The second-order valence-corrected chi connectivity index (χ2v) is 7.12. The van der Waals surface area contributed by atoms with Crippen molar-refractivity contribution < 1.29 is 8.42 Å². The van der Waals surface area contributed by atoms with Crippen molar-refractivity contribution >= 4 is 15.8 Å². The Morgan fingerprint density at radius 1 is 1.48 bits per heavy atom. The van der Waals surface area contributed by atoms with Crippen molar-refractivity contribution in [3.05, 3.63) is 23.9 Å². The summed E-state index contributed by atoms with van der Waals surface area (Å²) in [6.45, 7) is 1.32. The van der Waals surface area contributed by atoms with E-state index in [0.29, 0.717) is 12.2 Å². The van der Waals surface area contributed by atoms with Crippen molar-refractivity contribution in [2.24, 2.45) is 0 Å². The number of nitrogens with zero attached hydrogens (tertiary/aromatic N) is 3. The fraction of sp³-hybridized carbons (Fsp3) is 0.571. The molecule has 1 aliphatic heterocycles. The molecular formula is C14H20N4O2S. The van der Waals surface area contributed by atoms with E-state index in [-0.39, 0.29) is 6.04 Å². The zero-order valence-electron chi connectivity index (χ0n) is 12.1. The molecular weight excluding hydrogens is 288 g/mol. The highest BCUT2D eigenvalue weighted by Crippen LogP contribution is 2.25. The molecule has 2 rings (SSSR count). The predicted octanol–water partition coefficient (Wildman–Crippen LogP) is 1.25. The molecule has 1 atom stereocenters. The molecule has 0 saturated carbocycles. The lowest BCUT2D eigenvalue weighted by Crippen LogP contribution is -2.42. The van der Waals surface area contributed by atoms with Crippen molar-refractivity contribution in [1.29, 1.82) is 5.26 Å². The Hall–Kier alpha value is -1.65. The summed E-state index contributed by atoms with van der Waals surface area (Å²) in [6, 6.07) is 7.74. The maximum atomic E-state index is 11.1. The second kappa shape index (κ2) is 6.87. The van der Waals surface area contributed by atoms with Crippen molar-refractivity contribution in [3.63, 3.8) is 0 Å². The lowest BCUT2D eigenvalue weighted by molar-refractivity contribution is 0.434. The smallest absolute Gasteiger partial charge is 0.208 e. The first kappa shape index (κ1) is 15.7. The maximum absolute atomic E-state index is 11.1. The first-order valence-corrected chi connectivity index (χ1v) is 8.97. The van der Waals surface area contributed by atoms with Gasteiger partial charge in [-0.1, -0.05) is 6.07 Å². The molecule has 114 valence electrons. The minimum Gasteiger partial charge on any atom is -0.354 e. The van der Waals surface area contributed by atoms with Crippen LogP contribution in [0, 0.1) is 11.3 Å². The SMILES string of the molecule is CS(=O)(=O)NCCC1CCCCN1c1cccc(C#N)n1. The highest BCUT2D eigenvalue weighted by Gasteiger charge is 2.23. The van der Waals surface area contributed by atoms with Crippen molar-refractivity contribution in [2.45, 2.75) is 31.7 Å². The van der Waals surface area contributed by atoms with Gasteiger partial charge >= 0.3 is 0 Å². The second-order valence-electron chi connectivity index (χ2n) is 5.29. The maximum Gasteiger partial charge on any atom is 0.208 e. The summed E-state index contributed by atoms with van der Waals surface area (Å²) in [5.74, 6) is 0.804. The fourth-order valence-corrected chi connectivity index (χ4v) is 3.15. The lowest BCUT2D eigenvalue weighted by Gasteiger charge is -2.36. The highest BCUT2D eigenvalue weighted by atomic mass is 32.2. The zero-order valence-corrected chi connectivity index (χ0v) is 12.9. The number of rotatable bonds is 5. The van der Waals surface area contributed by atoms with Crippen molar-refractivity contribution in [3.8, 4) is 6.07 Å². The van der Waals surface area contributed by atoms with Crippen LogP contribution in [0.15, 0.2) is 18.2 Å². The average Bonchev–Trinajstić information content (AvgIpc) is 2.46. The molecule has 2 heterocycles. The summed E-state index contributed by atoms with van der Waals surface area (Å²) in [4.78, 5) is 6.54. The normalized spacial score (nSPS) is 19.2. The van der Waals surface area contributed by atoms with Gasteiger partial charge in [0, 0.05) is 19.1 Å². The molecule has 0 bridgehead atoms. The Kier molecular flexibility index (Phi) is 5.15. The first-order valence-electron chi connectivity index (χ1n) is 7.08. The molecule has 1 N–H and O–H groups in total. The number of hydrogen-bond acceptors (Lipinski definition) is 5. The molecule has 1 aliphatic rings. The van der Waals surface area contributed by atoms with Crippen LogP contribution >= 0.6 is 0 Å². The van der Waals surface area contributed by atoms with E-state index in [1.165, 1.54) is 6.26 Å². The van der Waals surface area contributed by atoms with E-state index in [0.717, 1.165) is 38.0 Å². The monoisotopic (exact) mass is 308 g/mol. The van der Waals surface area contributed by atoms with Crippen LogP contribution in [0.1, 0.15) is 31.4 Å². The number of piperidine rings is 1. The molecule has 0 radical (unpaired) electrons. The van der Waals surface area contributed by atoms with Gasteiger partial charge in [-0.3, -0.25) is 0 Å². The van der Waals surface area contributed by atoms with Gasteiger partial charge in [0.15, 0.2) is 0 Å². The van der Waals surface area contributed by atoms with Crippen LogP contribution in [0.2, 0.25) is 0 Å². The molecule has 1 saturated heterocycles. The molecule has 0 aromatic carbocycles. The average molecular weight is 308 g/mol. The van der Waals surface area contributed by atoms with E-state index in [4.69, 9.17) is 5.26 Å². The quantitative estimate of drug-likeness (QED) is 0.884. The zero-order chi connectivity index (χ0) is 15.3. The van der Waals surface area contributed by atoms with Gasteiger partial charge in [0.2, 0.25) is 10.0 Å². The van der Waals surface area contributed by atoms with Crippen LogP contribution in [0.4, 0.5) is 5.82 Å². The molecule has 1 aromatic rings. The Labute approximate surface area is 125 Å². The Morgan fingerprint density at radius 2 is 2.29 bits per heavy atom. The number of sulfonamides is 1. The summed E-state index contributed by atoms with van der Waals surface area (Å²) >= 11 is 0. The molecule has 0 amide bonds. The van der Waals surface area contributed by atoms with E-state index < -0.39 is 10.0 Å². The first-order chi connectivity index (χ1) is 9.99. The van der Waals surface area contributed by atoms with Crippen molar-refractivity contribution in [1.82, 2.24) is 9.71 Å². The molecule has 6 nitrogen and oxygen atoms in total. The van der Waals surface area contributed by atoms with E-state index in [9.17, 15) is 8.42 Å². The minimum atomic E-state index is -3.14. The Balaban J connectivity index is 2.06. The van der Waals surface area contributed by atoms with Crippen LogP contribution in [0.3, 0.4) is 0 Å². The summed E-state index contributed by atoms with van der Waals surface area (Å²) in [5.41, 5.74) is 0.408. The molecule has 21 heavy (non-hydrogen) atoms. The van der Waals surface area contributed by atoms with E-state index in [1.807, 2.05) is 12.1 Å². The molecule has 1 unspecified atom stereocenters. The van der Waals surface area contributed by atoms with Crippen LogP contribution < -0.4 is 9.62 Å². The van der Waals surface area contributed by atoms with Gasteiger partial charge in [0.1, 0.15) is 17.6 Å². The molecule has 1 aromatic heterocycles. The van der Waals surface area contributed by atoms with Gasteiger partial charge in [-0.2, -0.15) is 5.26 Å². The standard InChI is InChI=1S/C14H20N4O2S/c1-21(19,20)16-9-8-13-6-2-3-10-18(13)14-7-4-5-12(11-15)17-14/h4-5,7,13,16H,2-3,6,8-10H2,1H3. The fourth-order valence-electron chi connectivity index (χ4n) is 2.66. The topological polar surface area (TPSA) is 86.1 Å². The summed E-state index contributed by atoms with van der Waals surface area (Å²) < 4.78 is 24.8. The van der Waals surface area contributed by atoms with Gasteiger partial charge in [0.05, 0.1) is 6.26 Å². The number of nitriles is 1. The summed E-state index contributed by atoms with van der Waals surface area (Å²) in [6.07, 6.45) is 5.16. The van der Waals surface area contributed by atoms with Crippen LogP contribution in [0.25, 0.3) is 0 Å². The third-order valence-corrected chi connectivity index (χ3v) is 4.34. The minimum absolute atomic E-state index is 0.259. The summed E-state index contributed by atoms with van der Waals surface area (Å²) in [5, 5.41) is 8.95. The van der Waals surface area contributed by atoms with Crippen molar-refractivity contribution in [2.75, 3.05) is 24.2 Å². The van der Waals surface area contributed by atoms with Crippen LogP contribution in [0.5, 0.6) is 0 Å². The van der Waals surface area contributed by atoms with Gasteiger partial charge in [-0.05, 0) is 37.8 Å². The summed E-state index contributed by atoms with van der Waals surface area (Å²) in [7, 11) is -3.14. The van der Waals surface area contributed by atoms with Crippen LogP contribution in [-0.4, -0.2) is 38.8 Å². The van der Waals surface area contributed by atoms with Gasteiger partial charge in [0.25, 0.3) is 0 Å². The Bertz CT molecular complexity index is 624. The highest BCUT2D eigenvalue weighted by molar-refractivity contribution is 7.88. The number of aromatic nitrogens is 1. The third kappa shape index (κ3) is 4.69. The van der Waals surface area contributed by atoms with Crippen LogP contribution in [-0.2, 0) is 10.0 Å². The largest absolute Gasteiger partial charge is 0.354 e. The number of pyridine rings is 1. The number of hydrogen-bond donors (Lipinski definition) is 1. The molecule has 1 fully saturated rings. The van der Waals surface area contributed by atoms with Gasteiger partial charge < -0.3 is 4.90 Å².